The van der Waals surface area contributed by atoms with Crippen molar-refractivity contribution in [1.82, 2.24) is 30.4 Å². The molecule has 6 fully saturated rings. The number of ketones is 4. The number of benzene rings is 4. The SMILES string of the molecule is COc1cccc2c1C(=O)c1c(O)c3c(c(O)c1C2=O)C[C@@](O)(C(=O)NC[C@@H](C)SSc1ccc([N+](C)=O)cn1)C[C@@H]3O[C@H]1C[C@H]2[C@H](O[C@@H]3[C@@H](OC)OCCN32)[C@H](C)O1.COc1cccc2c1C(=O)c1c(O)c3c(c(O)c1C2=O)C[C@@](O)(C(=O)NC[C@H](C)SSc1ccc([N+](C)=O)cn1)C[C@@H]3O[C@H]1C[C@H]2[C@H](O[C@@H]3[C@@H](OC)OCCN32)[C@H](C)O1. The van der Waals surface area contributed by atoms with Crippen molar-refractivity contribution in [3.63, 3.8) is 0 Å². The quantitative estimate of drug-likeness (QED) is 0.0191. The van der Waals surface area contributed by atoms with Gasteiger partial charge in [-0.1, -0.05) is 59.7 Å². The van der Waals surface area contributed by atoms with Gasteiger partial charge in [-0.25, -0.2) is 9.97 Å². The van der Waals surface area contributed by atoms with Gasteiger partial charge in [-0.3, -0.25) is 38.6 Å². The number of aliphatic hydroxyl groups is 2. The summed E-state index contributed by atoms with van der Waals surface area (Å²) in [7, 11) is 14.1. The fourth-order valence-electron chi connectivity index (χ4n) is 17.4. The molecule has 18 atom stereocenters. The van der Waals surface area contributed by atoms with Gasteiger partial charge < -0.3 is 98.1 Å². The minimum absolute atomic E-state index is 0.0311. The van der Waals surface area contributed by atoms with Crippen molar-refractivity contribution in [3.8, 4) is 34.5 Å². The monoisotopic (exact) mass is 1710 g/mol. The number of nitrogens with zero attached hydrogens (tertiary/aromatic N) is 6. The van der Waals surface area contributed by atoms with Crippen LogP contribution in [-0.4, -0.2) is 273 Å². The zero-order valence-electron chi connectivity index (χ0n) is 65.8. The summed E-state index contributed by atoms with van der Waals surface area (Å²) in [5, 5.41) is 79.1. The normalized spacial score (nSPS) is 29.1. The molecule has 6 aliphatic heterocycles. The van der Waals surface area contributed by atoms with Crippen LogP contribution in [0.15, 0.2) is 83.1 Å². The molecule has 628 valence electrons. The van der Waals surface area contributed by atoms with E-state index >= 15 is 0 Å². The number of aromatic nitrogens is 2. The van der Waals surface area contributed by atoms with Crippen LogP contribution in [-0.2, 0) is 69.8 Å². The topological polar surface area (TPSA) is 431 Å². The lowest BCUT2D eigenvalue weighted by Gasteiger charge is -2.43. The number of pyridine rings is 2. The van der Waals surface area contributed by atoms with Crippen molar-refractivity contribution in [2.75, 3.05) is 81.9 Å². The maximum atomic E-state index is 14.2. The number of hydrogen-bond acceptors (Lipinski definition) is 34. The van der Waals surface area contributed by atoms with Gasteiger partial charge in [0.25, 0.3) is 23.2 Å². The summed E-state index contributed by atoms with van der Waals surface area (Å²) in [6.07, 6.45) is -6.67. The van der Waals surface area contributed by atoms with E-state index in [-0.39, 0.29) is 117 Å². The average Bonchev–Trinajstić information content (AvgIpc) is 0.857. The highest BCUT2D eigenvalue weighted by Crippen LogP contribution is 2.56. The lowest BCUT2D eigenvalue weighted by molar-refractivity contribution is -0.428. The second-order valence-corrected chi connectivity index (χ2v) is 35.8. The van der Waals surface area contributed by atoms with Crippen LogP contribution in [0.2, 0.25) is 0 Å². The third kappa shape index (κ3) is 15.7. The van der Waals surface area contributed by atoms with Gasteiger partial charge in [0.2, 0.25) is 11.6 Å². The van der Waals surface area contributed by atoms with Gasteiger partial charge in [0.05, 0.1) is 85.2 Å². The standard InChI is InChI=1S/2C40H44N4O13S2/c2*1-18(58-59-26-10-9-20(17-41-26)43(3)51)16-42-39(49)40(50)14-22-29(35(48)31-30(33(22)46)32(45)21-7-6-8-24(52-4)28(21)34(31)47)25(15-40)56-27-13-23-36(19(2)55-27)57-37-38(53-5)54-12-11-44(23)37/h2*6-10,17-19,23,25,27,36-38,50H,11-16H2,1-5H3,(H2-,42,45,46,47,48,49)/p+2/t18-,19+,23+,25+,27+,36-,37-,38+,40+;18-,19-,23-,25-,27-,36+,37+,38-,40-/m10/s1. The summed E-state index contributed by atoms with van der Waals surface area (Å²) in [5.74, 6) is -6.78. The van der Waals surface area contributed by atoms with E-state index < -0.39 is 179 Å². The Labute approximate surface area is 692 Å². The number of nitroso groups, excluding NO2 is 2. The van der Waals surface area contributed by atoms with E-state index in [4.69, 9.17) is 56.8 Å². The Morgan fingerprint density at radius 2 is 0.949 bits per heavy atom. The summed E-state index contributed by atoms with van der Waals surface area (Å²) < 4.78 is 73.4. The van der Waals surface area contributed by atoms with E-state index in [1.807, 2.05) is 27.7 Å². The van der Waals surface area contributed by atoms with E-state index in [0.717, 1.165) is 0 Å². The van der Waals surface area contributed by atoms with Gasteiger partial charge in [0, 0.05) is 166 Å². The zero-order valence-corrected chi connectivity index (χ0v) is 69.1. The molecule has 38 heteroatoms. The van der Waals surface area contributed by atoms with Gasteiger partial charge >= 0.3 is 0 Å². The molecule has 8 heterocycles. The van der Waals surface area contributed by atoms with Gasteiger partial charge in [-0.2, -0.15) is 0 Å². The molecule has 0 spiro atoms. The van der Waals surface area contributed by atoms with Crippen molar-refractivity contribution in [3.05, 3.63) is 150 Å². The third-order valence-electron chi connectivity index (χ3n) is 23.1. The van der Waals surface area contributed by atoms with Crippen molar-refractivity contribution in [2.45, 2.75) is 184 Å². The summed E-state index contributed by atoms with van der Waals surface area (Å²) in [4.78, 5) is 120. The van der Waals surface area contributed by atoms with Gasteiger partial charge in [-0.15, -0.1) is 0 Å². The number of amides is 2. The number of ether oxygens (including phenoxy) is 12. The summed E-state index contributed by atoms with van der Waals surface area (Å²) >= 11 is 0. The Morgan fingerprint density at radius 3 is 1.31 bits per heavy atom. The number of rotatable bonds is 22. The lowest BCUT2D eigenvalue weighted by atomic mass is 9.72. The summed E-state index contributed by atoms with van der Waals surface area (Å²) in [6.45, 7) is 9.66. The fourth-order valence-corrected chi connectivity index (χ4v) is 21.2. The van der Waals surface area contributed by atoms with Crippen molar-refractivity contribution < 1.29 is 126 Å². The largest absolute Gasteiger partial charge is 0.507 e. The highest BCUT2D eigenvalue weighted by atomic mass is 33.1. The number of nitrogens with one attached hydrogen (secondary N) is 2. The van der Waals surface area contributed by atoms with Crippen LogP contribution in [0, 0.1) is 9.81 Å². The van der Waals surface area contributed by atoms with Crippen LogP contribution in [0.4, 0.5) is 11.4 Å². The Bertz CT molecular complexity index is 4690. The van der Waals surface area contributed by atoms with Crippen LogP contribution in [0.1, 0.15) is 152 Å². The molecule has 8 N–H and O–H groups in total. The molecule has 16 rings (SSSR count). The third-order valence-corrected chi connectivity index (χ3v) is 28.7. The number of carbonyl (C=O) groups is 6. The molecular formula is C80H90N8O26S4+2. The maximum absolute atomic E-state index is 14.2. The first-order valence-corrected chi connectivity index (χ1v) is 42.8. The van der Waals surface area contributed by atoms with Crippen LogP contribution < -0.4 is 20.1 Å². The molecule has 4 aliphatic carbocycles. The van der Waals surface area contributed by atoms with E-state index in [9.17, 15) is 69.2 Å². The number of methoxy groups -OCH3 is 4. The van der Waals surface area contributed by atoms with E-state index in [1.54, 1.807) is 38.5 Å². The highest BCUT2D eigenvalue weighted by molar-refractivity contribution is 8.77. The molecule has 10 aliphatic rings. The first-order valence-electron chi connectivity index (χ1n) is 38.4. The first-order chi connectivity index (χ1) is 56.5. The number of morpholine rings is 2. The van der Waals surface area contributed by atoms with Crippen LogP contribution in [0.3, 0.4) is 0 Å². The predicted octanol–water partition coefficient (Wildman–Crippen LogP) is 7.06. The predicted molar refractivity (Wildman–Crippen MR) is 422 cm³/mol. The molecule has 4 aromatic carbocycles. The van der Waals surface area contributed by atoms with E-state index in [1.165, 1.54) is 120 Å². The van der Waals surface area contributed by atoms with Crippen molar-refractivity contribution >= 4 is 89.5 Å². The molecule has 6 aromatic rings. The van der Waals surface area contributed by atoms with E-state index in [0.29, 0.717) is 57.2 Å². The molecule has 118 heavy (non-hydrogen) atoms. The van der Waals surface area contributed by atoms with Crippen molar-refractivity contribution in [1.29, 1.82) is 0 Å². The van der Waals surface area contributed by atoms with Crippen molar-refractivity contribution in [2.24, 2.45) is 0 Å². The number of aromatic hydroxyl groups is 4. The van der Waals surface area contributed by atoms with Crippen LogP contribution in [0.5, 0.6) is 34.5 Å². The Balaban J connectivity index is 0.000000185. The Kier molecular flexibility index (Phi) is 24.6. The Hall–Kier alpha value is -8.36. The molecule has 34 nitrogen and oxygen atoms in total. The lowest BCUT2D eigenvalue weighted by Crippen LogP contribution is -2.55. The number of fused-ring (bicyclic) bond motifs is 12. The average molecular weight is 1710 g/mol. The number of carbonyl (C=O) groups excluding carboxylic acids is 6. The minimum atomic E-state index is -2.21. The van der Waals surface area contributed by atoms with Crippen LogP contribution >= 0.6 is 43.2 Å². The minimum Gasteiger partial charge on any atom is -0.507 e. The second kappa shape index (κ2) is 34.3. The molecule has 0 unspecified atom stereocenters. The smallest absolute Gasteiger partial charge is 0.273 e. The van der Waals surface area contributed by atoms with E-state index in [2.05, 4.69) is 30.4 Å². The molecule has 0 radical (unpaired) electrons. The molecule has 0 saturated carbocycles. The molecular weight excluding hydrogens is 1620 g/mol. The number of hydrogen-bond donors (Lipinski definition) is 8. The summed E-state index contributed by atoms with van der Waals surface area (Å²) in [6, 6.07) is 15.3. The highest BCUT2D eigenvalue weighted by Gasteiger charge is 2.59. The van der Waals surface area contributed by atoms with Gasteiger partial charge in [-0.05, 0) is 59.7 Å². The van der Waals surface area contributed by atoms with Gasteiger partial charge in [0.15, 0.2) is 63.3 Å². The van der Waals surface area contributed by atoms with Gasteiger partial charge in [0.1, 0.15) is 80.4 Å². The summed E-state index contributed by atoms with van der Waals surface area (Å²) in [5.41, 5.74) is -5.82. The molecule has 0 bridgehead atoms. The Morgan fingerprint density at radius 1 is 0.559 bits per heavy atom. The molecule has 2 amide bonds. The zero-order chi connectivity index (χ0) is 83.8. The number of phenolic OH excluding ortho intramolecular Hbond substituents is 4. The maximum Gasteiger partial charge on any atom is 0.273 e. The first kappa shape index (κ1) is 84.7. The number of phenols is 4. The fraction of sp³-hybridized carbons (Fsp3) is 0.500. The molecule has 6 saturated heterocycles. The second-order valence-electron chi connectivity index (χ2n) is 30.5. The molecule has 2 aromatic heterocycles. The van der Waals surface area contributed by atoms with Crippen LogP contribution in [0.25, 0.3) is 0 Å².